The van der Waals surface area contributed by atoms with Gasteiger partial charge in [0.25, 0.3) is 0 Å². The summed E-state index contributed by atoms with van der Waals surface area (Å²) >= 11 is 5.99. The number of nitrogens with zero attached hydrogens (tertiary/aromatic N) is 2. The van der Waals surface area contributed by atoms with Crippen LogP contribution in [-0.2, 0) is 4.74 Å². The second-order valence-electron chi connectivity index (χ2n) is 4.25. The van der Waals surface area contributed by atoms with E-state index in [0.717, 1.165) is 12.1 Å². The van der Waals surface area contributed by atoms with Crippen LogP contribution in [0.2, 0.25) is 5.02 Å². The summed E-state index contributed by atoms with van der Waals surface area (Å²) in [6, 6.07) is 3.11. The van der Waals surface area contributed by atoms with Gasteiger partial charge in [-0.1, -0.05) is 17.7 Å². The molecule has 3 N–H and O–H groups in total. The molecule has 8 heteroatoms. The van der Waals surface area contributed by atoms with E-state index in [1.54, 1.807) is 0 Å². The molecular formula is C13H13ClF2N4O. The first-order valence-corrected chi connectivity index (χ1v) is 6.37. The van der Waals surface area contributed by atoms with Gasteiger partial charge >= 0.3 is 0 Å². The maximum atomic E-state index is 13.3. The van der Waals surface area contributed by atoms with Crippen LogP contribution >= 0.6 is 11.6 Å². The van der Waals surface area contributed by atoms with E-state index in [9.17, 15) is 8.78 Å². The normalized spacial score (nSPS) is 12.2. The molecule has 0 aliphatic carbocycles. The van der Waals surface area contributed by atoms with Gasteiger partial charge in [-0.15, -0.1) is 0 Å². The fourth-order valence-corrected chi connectivity index (χ4v) is 1.92. The van der Waals surface area contributed by atoms with Crippen molar-refractivity contribution in [3.8, 4) is 0 Å². The van der Waals surface area contributed by atoms with Crippen LogP contribution in [0.4, 0.5) is 20.4 Å². The summed E-state index contributed by atoms with van der Waals surface area (Å²) in [6.07, 6.45) is 1.25. The molecule has 2 rings (SSSR count). The van der Waals surface area contributed by atoms with E-state index in [1.165, 1.54) is 19.5 Å². The highest BCUT2D eigenvalue weighted by molar-refractivity contribution is 6.35. The van der Waals surface area contributed by atoms with Crippen LogP contribution in [-0.4, -0.2) is 23.7 Å². The van der Waals surface area contributed by atoms with Gasteiger partial charge in [0.2, 0.25) is 0 Å². The Morgan fingerprint density at radius 2 is 2.10 bits per heavy atom. The van der Waals surface area contributed by atoms with Crippen molar-refractivity contribution in [2.45, 2.75) is 6.04 Å². The number of nitrogens with one attached hydrogen (secondary N) is 1. The van der Waals surface area contributed by atoms with Crippen LogP contribution in [0, 0.1) is 11.6 Å². The minimum absolute atomic E-state index is 0.121. The predicted octanol–water partition coefficient (Wildman–Crippen LogP) is 2.79. The molecule has 0 saturated carbocycles. The monoisotopic (exact) mass is 314 g/mol. The molecule has 0 spiro atoms. The first kappa shape index (κ1) is 15.4. The van der Waals surface area contributed by atoms with E-state index in [-0.39, 0.29) is 23.3 Å². The summed E-state index contributed by atoms with van der Waals surface area (Å²) in [4.78, 5) is 7.71. The lowest BCUT2D eigenvalue weighted by Crippen LogP contribution is -2.18. The van der Waals surface area contributed by atoms with Crippen LogP contribution in [0.5, 0.6) is 0 Å². The number of hydrogen-bond donors (Lipinski definition) is 2. The van der Waals surface area contributed by atoms with Crippen molar-refractivity contribution in [2.75, 3.05) is 24.8 Å². The number of nitrogens with two attached hydrogens (primary N) is 1. The van der Waals surface area contributed by atoms with E-state index >= 15 is 0 Å². The molecule has 1 atom stereocenters. The van der Waals surface area contributed by atoms with Crippen molar-refractivity contribution in [1.29, 1.82) is 0 Å². The quantitative estimate of drug-likeness (QED) is 0.888. The smallest absolute Gasteiger partial charge is 0.159 e. The summed E-state index contributed by atoms with van der Waals surface area (Å²) in [6.45, 7) is 0.200. The first-order chi connectivity index (χ1) is 10.0. The Hall–Kier alpha value is -1.99. The second-order valence-corrected chi connectivity index (χ2v) is 4.63. The summed E-state index contributed by atoms with van der Waals surface area (Å²) in [7, 11) is 1.49. The molecule has 0 saturated heterocycles. The Bertz CT molecular complexity index is 642. The number of rotatable bonds is 5. The Morgan fingerprint density at radius 3 is 2.76 bits per heavy atom. The van der Waals surface area contributed by atoms with Gasteiger partial charge in [-0.3, -0.25) is 0 Å². The van der Waals surface area contributed by atoms with Crippen LogP contribution < -0.4 is 11.1 Å². The van der Waals surface area contributed by atoms with Crippen LogP contribution in [0.3, 0.4) is 0 Å². The lowest BCUT2D eigenvalue weighted by Gasteiger charge is -2.20. The zero-order valence-corrected chi connectivity index (χ0v) is 11.9. The van der Waals surface area contributed by atoms with Gasteiger partial charge in [-0.05, 0) is 17.7 Å². The lowest BCUT2D eigenvalue weighted by molar-refractivity contribution is 0.186. The molecule has 0 unspecified atom stereocenters. The van der Waals surface area contributed by atoms with Gasteiger partial charge in [-0.25, -0.2) is 18.7 Å². The van der Waals surface area contributed by atoms with Gasteiger partial charge in [0.1, 0.15) is 17.2 Å². The molecule has 0 fully saturated rings. The van der Waals surface area contributed by atoms with E-state index in [1.807, 2.05) is 0 Å². The van der Waals surface area contributed by atoms with E-state index in [4.69, 9.17) is 22.1 Å². The van der Waals surface area contributed by atoms with Crippen molar-refractivity contribution < 1.29 is 13.5 Å². The van der Waals surface area contributed by atoms with E-state index in [0.29, 0.717) is 5.56 Å². The zero-order valence-electron chi connectivity index (χ0n) is 11.1. The molecule has 0 radical (unpaired) electrons. The third-order valence-corrected chi connectivity index (χ3v) is 3.18. The number of aromatic nitrogens is 2. The zero-order chi connectivity index (χ0) is 15.4. The van der Waals surface area contributed by atoms with Gasteiger partial charge in [0.15, 0.2) is 17.5 Å². The van der Waals surface area contributed by atoms with Crippen LogP contribution in [0.1, 0.15) is 11.6 Å². The maximum Gasteiger partial charge on any atom is 0.159 e. The van der Waals surface area contributed by atoms with Crippen molar-refractivity contribution in [3.63, 3.8) is 0 Å². The Kier molecular flexibility index (Phi) is 4.87. The number of hydrogen-bond acceptors (Lipinski definition) is 5. The third kappa shape index (κ3) is 3.56. The molecule has 0 aliphatic heterocycles. The molecular weight excluding hydrogens is 302 g/mol. The highest BCUT2D eigenvalue weighted by atomic mass is 35.5. The fraction of sp³-hybridized carbons (Fsp3) is 0.231. The highest BCUT2D eigenvalue weighted by Crippen LogP contribution is 2.28. The molecule has 2 aromatic rings. The average Bonchev–Trinajstić information content (AvgIpc) is 2.46. The van der Waals surface area contributed by atoms with Gasteiger partial charge in [0, 0.05) is 7.11 Å². The number of anilines is 2. The summed E-state index contributed by atoms with van der Waals surface area (Å²) in [5.74, 6) is -1.45. The Balaban J connectivity index is 2.30. The molecule has 1 aromatic carbocycles. The van der Waals surface area contributed by atoms with Crippen molar-refractivity contribution in [1.82, 2.24) is 9.97 Å². The molecule has 21 heavy (non-hydrogen) atoms. The first-order valence-electron chi connectivity index (χ1n) is 5.99. The minimum atomic E-state index is -0.941. The predicted molar refractivity (Wildman–Crippen MR) is 76.1 cm³/mol. The highest BCUT2D eigenvalue weighted by Gasteiger charge is 2.17. The largest absolute Gasteiger partial charge is 0.382 e. The summed E-state index contributed by atoms with van der Waals surface area (Å²) in [5, 5.41) is 3.13. The lowest BCUT2D eigenvalue weighted by atomic mass is 10.1. The Labute approximate surface area is 125 Å². The van der Waals surface area contributed by atoms with Crippen LogP contribution in [0.25, 0.3) is 0 Å². The van der Waals surface area contributed by atoms with Gasteiger partial charge in [-0.2, -0.15) is 0 Å². The van der Waals surface area contributed by atoms with Crippen molar-refractivity contribution >= 4 is 23.2 Å². The van der Waals surface area contributed by atoms with E-state index < -0.39 is 17.7 Å². The fourth-order valence-electron chi connectivity index (χ4n) is 1.77. The molecule has 5 nitrogen and oxygen atoms in total. The van der Waals surface area contributed by atoms with Gasteiger partial charge < -0.3 is 15.8 Å². The number of methoxy groups -OCH3 is 1. The number of nitrogen functional groups attached to an aromatic ring is 1. The maximum absolute atomic E-state index is 13.3. The summed E-state index contributed by atoms with van der Waals surface area (Å²) in [5.41, 5.74) is 6.08. The topological polar surface area (TPSA) is 73.1 Å². The molecule has 1 aromatic heterocycles. The number of benzene rings is 1. The SMILES string of the molecule is COC[C@@H](Nc1ncnc(N)c1Cl)c1ccc(F)c(F)c1. The molecule has 1 heterocycles. The van der Waals surface area contributed by atoms with E-state index in [2.05, 4.69) is 15.3 Å². The molecule has 112 valence electrons. The molecule has 0 bridgehead atoms. The van der Waals surface area contributed by atoms with Crippen molar-refractivity contribution in [2.24, 2.45) is 0 Å². The third-order valence-electron chi connectivity index (χ3n) is 2.81. The Morgan fingerprint density at radius 1 is 1.33 bits per heavy atom. The number of halogens is 3. The standard InChI is InChI=1S/C13H13ClF2N4O/c1-21-5-10(7-2-3-8(15)9(16)4-7)20-13-11(14)12(17)18-6-19-13/h2-4,6,10H,5H2,1H3,(H3,17,18,19,20)/t10-/m1/s1. The van der Waals surface area contributed by atoms with Crippen LogP contribution in [0.15, 0.2) is 24.5 Å². The summed E-state index contributed by atoms with van der Waals surface area (Å²) < 4.78 is 31.4. The van der Waals surface area contributed by atoms with Crippen molar-refractivity contribution in [3.05, 3.63) is 46.7 Å². The van der Waals surface area contributed by atoms with Gasteiger partial charge in [0.05, 0.1) is 12.6 Å². The average molecular weight is 315 g/mol. The molecule has 0 aliphatic rings. The minimum Gasteiger partial charge on any atom is -0.382 e. The molecule has 0 amide bonds. The number of ether oxygens (including phenoxy) is 1. The second kappa shape index (κ2) is 6.64.